The monoisotopic (exact) mass is 295 g/mol. The Morgan fingerprint density at radius 2 is 1.64 bits per heavy atom. The zero-order valence-corrected chi connectivity index (χ0v) is 11.2. The zero-order chi connectivity index (χ0) is 14.9. The predicted molar refractivity (Wildman–Crippen MR) is 72.8 cm³/mol. The van der Waals surface area contributed by atoms with Gasteiger partial charge in [-0.15, -0.1) is 10.2 Å². The Bertz CT molecular complexity index is 826. The normalized spacial score (nSPS) is 20.3. The molecular weight excluding hydrogens is 286 g/mol. The molecular formula is C14H9N5O3. The lowest BCUT2D eigenvalue weighted by atomic mass is 9.77. The maximum absolute atomic E-state index is 11.5. The summed E-state index contributed by atoms with van der Waals surface area (Å²) in [5.41, 5.74) is 3.06. The fraction of sp³-hybridized carbons (Fsp3) is 0.143. The average Bonchev–Trinajstić information content (AvgIpc) is 3.26. The molecule has 4 rings (SSSR count). The Balaban J connectivity index is 1.97. The van der Waals surface area contributed by atoms with Crippen LogP contribution in [0.4, 0.5) is 5.69 Å². The summed E-state index contributed by atoms with van der Waals surface area (Å²) in [7, 11) is 0. The molecule has 0 N–H and O–H groups in total. The number of para-hydroxylation sites is 1. The van der Waals surface area contributed by atoms with Crippen LogP contribution < -0.4 is 0 Å². The molecule has 22 heavy (non-hydrogen) atoms. The number of rotatable bonds is 3. The van der Waals surface area contributed by atoms with Gasteiger partial charge in [0.15, 0.2) is 6.29 Å². The maximum atomic E-state index is 11.5. The molecule has 0 saturated carbocycles. The molecule has 3 heterocycles. The maximum Gasteiger partial charge on any atom is 0.165 e. The number of aldehydes is 1. The van der Waals surface area contributed by atoms with Gasteiger partial charge in [0.2, 0.25) is 0 Å². The predicted octanol–water partition coefficient (Wildman–Crippen LogP) is 1.65. The summed E-state index contributed by atoms with van der Waals surface area (Å²) in [6.07, 6.45) is 3.57. The Hall–Kier alpha value is -3.16. The van der Waals surface area contributed by atoms with Crippen molar-refractivity contribution in [2.24, 2.45) is 4.99 Å². The first-order chi connectivity index (χ1) is 10.9. The van der Waals surface area contributed by atoms with Gasteiger partial charge in [-0.25, -0.2) is 4.99 Å². The molecule has 2 atom stereocenters. The van der Waals surface area contributed by atoms with Gasteiger partial charge in [0.25, 0.3) is 0 Å². The number of carbonyl (C=O) groups is 1. The number of nitrogens with zero attached hydrogens (tertiary/aromatic N) is 5. The molecule has 0 amide bonds. The molecule has 1 aromatic carbocycles. The van der Waals surface area contributed by atoms with Gasteiger partial charge in [0, 0.05) is 16.5 Å². The van der Waals surface area contributed by atoms with E-state index in [1.807, 2.05) is 24.3 Å². The van der Waals surface area contributed by atoms with Crippen LogP contribution in [0.5, 0.6) is 0 Å². The van der Waals surface area contributed by atoms with Crippen LogP contribution in [-0.4, -0.2) is 32.7 Å². The molecule has 0 saturated heterocycles. The van der Waals surface area contributed by atoms with Gasteiger partial charge in [-0.05, 0) is 11.6 Å². The second-order valence-electron chi connectivity index (χ2n) is 4.83. The Morgan fingerprint density at radius 1 is 0.955 bits per heavy atom. The highest BCUT2D eigenvalue weighted by Gasteiger charge is 2.39. The molecule has 0 bridgehead atoms. The van der Waals surface area contributed by atoms with E-state index in [0.29, 0.717) is 22.8 Å². The lowest BCUT2D eigenvalue weighted by Gasteiger charge is -2.28. The standard InChI is InChI=1S/C14H9N5O3/c20-5-10-14(12-7-22-19-17-12)13(11-6-21-18-16-11)8-3-1-2-4-9(8)15-10/h1-7,13-14H. The van der Waals surface area contributed by atoms with Crippen molar-refractivity contribution >= 4 is 17.7 Å². The van der Waals surface area contributed by atoms with Gasteiger partial charge in [-0.1, -0.05) is 18.2 Å². The first kappa shape index (κ1) is 12.6. The van der Waals surface area contributed by atoms with Crippen LogP contribution in [0.25, 0.3) is 0 Å². The highest BCUT2D eigenvalue weighted by Crippen LogP contribution is 2.45. The lowest BCUT2D eigenvalue weighted by Crippen LogP contribution is -2.26. The minimum absolute atomic E-state index is 0.299. The topological polar surface area (TPSA) is 107 Å². The van der Waals surface area contributed by atoms with E-state index in [2.05, 4.69) is 25.7 Å². The fourth-order valence-electron chi connectivity index (χ4n) is 2.78. The van der Waals surface area contributed by atoms with E-state index in [1.54, 1.807) is 0 Å². The van der Waals surface area contributed by atoms with Crippen LogP contribution in [0.15, 0.2) is 50.8 Å². The first-order valence-electron chi connectivity index (χ1n) is 6.55. The van der Waals surface area contributed by atoms with Crippen LogP contribution in [-0.2, 0) is 4.79 Å². The van der Waals surface area contributed by atoms with Crippen molar-refractivity contribution in [2.45, 2.75) is 11.8 Å². The Kier molecular flexibility index (Phi) is 2.85. The third-order valence-corrected chi connectivity index (χ3v) is 3.69. The molecule has 2 aromatic heterocycles. The van der Waals surface area contributed by atoms with Crippen LogP contribution in [0, 0.1) is 0 Å². The first-order valence-corrected chi connectivity index (χ1v) is 6.55. The van der Waals surface area contributed by atoms with Crippen molar-refractivity contribution in [1.82, 2.24) is 20.7 Å². The highest BCUT2D eigenvalue weighted by molar-refractivity contribution is 6.32. The van der Waals surface area contributed by atoms with Crippen molar-refractivity contribution < 1.29 is 13.8 Å². The smallest absolute Gasteiger partial charge is 0.165 e. The fourth-order valence-corrected chi connectivity index (χ4v) is 2.78. The van der Waals surface area contributed by atoms with Crippen molar-refractivity contribution in [3.8, 4) is 0 Å². The van der Waals surface area contributed by atoms with E-state index in [-0.39, 0.29) is 5.92 Å². The van der Waals surface area contributed by atoms with Crippen molar-refractivity contribution in [1.29, 1.82) is 0 Å². The second kappa shape index (κ2) is 4.99. The number of aromatic nitrogens is 4. The number of carbonyl (C=O) groups excluding carboxylic acids is 1. The van der Waals surface area contributed by atoms with E-state index in [9.17, 15) is 4.79 Å². The summed E-state index contributed by atoms with van der Waals surface area (Å²) in [6.45, 7) is 0. The number of hydrogen-bond donors (Lipinski definition) is 0. The summed E-state index contributed by atoms with van der Waals surface area (Å²) in [6, 6.07) is 7.54. The Morgan fingerprint density at radius 3 is 2.27 bits per heavy atom. The van der Waals surface area contributed by atoms with Crippen LogP contribution in [0.1, 0.15) is 28.8 Å². The number of fused-ring (bicyclic) bond motifs is 1. The molecule has 108 valence electrons. The lowest BCUT2D eigenvalue weighted by molar-refractivity contribution is -0.102. The van der Waals surface area contributed by atoms with Gasteiger partial charge in [-0.2, -0.15) is 0 Å². The third-order valence-electron chi connectivity index (χ3n) is 3.69. The molecule has 1 aliphatic heterocycles. The molecule has 1 aliphatic rings. The van der Waals surface area contributed by atoms with Gasteiger partial charge < -0.3 is 9.05 Å². The van der Waals surface area contributed by atoms with Crippen molar-refractivity contribution in [3.63, 3.8) is 0 Å². The van der Waals surface area contributed by atoms with Gasteiger partial charge >= 0.3 is 0 Å². The summed E-state index contributed by atoms with van der Waals surface area (Å²) >= 11 is 0. The average molecular weight is 295 g/mol. The number of aliphatic imine (C=N–C) groups is 1. The van der Waals surface area contributed by atoms with E-state index in [0.717, 1.165) is 11.8 Å². The van der Waals surface area contributed by atoms with Crippen molar-refractivity contribution in [3.05, 3.63) is 53.7 Å². The molecule has 0 aliphatic carbocycles. The Labute approximate surface area is 123 Å². The largest absolute Gasteiger partial charge is 0.345 e. The number of benzene rings is 1. The zero-order valence-electron chi connectivity index (χ0n) is 11.2. The van der Waals surface area contributed by atoms with Crippen molar-refractivity contribution in [2.75, 3.05) is 0 Å². The summed E-state index contributed by atoms with van der Waals surface area (Å²) in [5.74, 6) is -0.752. The molecule has 8 heteroatoms. The van der Waals surface area contributed by atoms with Gasteiger partial charge in [0.1, 0.15) is 23.9 Å². The van der Waals surface area contributed by atoms with Gasteiger partial charge in [-0.3, -0.25) is 4.79 Å². The van der Waals surface area contributed by atoms with Gasteiger partial charge in [0.05, 0.1) is 17.3 Å². The molecule has 3 aromatic rings. The summed E-state index contributed by atoms with van der Waals surface area (Å²) in [4.78, 5) is 15.9. The minimum Gasteiger partial charge on any atom is -0.345 e. The SMILES string of the molecule is O=CC1=Nc2ccccc2C(c2conn2)C1c1conn1. The van der Waals surface area contributed by atoms with Crippen LogP contribution in [0.2, 0.25) is 0 Å². The van der Waals surface area contributed by atoms with Crippen LogP contribution >= 0.6 is 0 Å². The highest BCUT2D eigenvalue weighted by atomic mass is 16.5. The molecule has 8 nitrogen and oxygen atoms in total. The summed E-state index contributed by atoms with van der Waals surface area (Å²) in [5, 5.41) is 14.9. The second-order valence-corrected chi connectivity index (χ2v) is 4.83. The molecule has 2 unspecified atom stereocenters. The minimum atomic E-state index is -0.453. The third kappa shape index (κ3) is 1.85. The quantitative estimate of drug-likeness (QED) is 0.676. The van der Waals surface area contributed by atoms with E-state index in [4.69, 9.17) is 9.05 Å². The van der Waals surface area contributed by atoms with E-state index >= 15 is 0 Å². The molecule has 0 spiro atoms. The molecule has 0 radical (unpaired) electrons. The molecule has 0 fully saturated rings. The van der Waals surface area contributed by atoms with Crippen LogP contribution in [0.3, 0.4) is 0 Å². The van der Waals surface area contributed by atoms with E-state index < -0.39 is 5.92 Å². The number of hydrogen-bond acceptors (Lipinski definition) is 8. The van der Waals surface area contributed by atoms with E-state index in [1.165, 1.54) is 12.5 Å². The summed E-state index contributed by atoms with van der Waals surface area (Å²) < 4.78 is 9.69.